The summed E-state index contributed by atoms with van der Waals surface area (Å²) in [5, 5.41) is 0. The van der Waals surface area contributed by atoms with Gasteiger partial charge in [-0.2, -0.15) is 0 Å². The SMILES string of the molecule is Cc1cccnc1C(=O)N(C)C1CCCN(C(=O)C2(F)CCOCC2)C1. The minimum atomic E-state index is -1.83. The standard InChI is InChI=1S/C19H26FN3O3/c1-14-5-3-9-21-16(14)17(24)22(2)15-6-4-10-23(13-15)18(25)19(20)7-11-26-12-8-19/h3,5,9,15H,4,6-8,10-13H2,1-2H3. The van der Waals surface area contributed by atoms with Gasteiger partial charge < -0.3 is 14.5 Å². The number of carbonyl (C=O) groups excluding carboxylic acids is 2. The van der Waals surface area contributed by atoms with Crippen LogP contribution in [-0.4, -0.2) is 71.7 Å². The van der Waals surface area contributed by atoms with Gasteiger partial charge in [-0.15, -0.1) is 0 Å². The number of likely N-dealkylation sites (N-methyl/N-ethyl adjacent to an activating group) is 1. The van der Waals surface area contributed by atoms with Crippen molar-refractivity contribution in [1.82, 2.24) is 14.8 Å². The molecule has 3 heterocycles. The molecule has 0 N–H and O–H groups in total. The Labute approximate surface area is 153 Å². The van der Waals surface area contributed by atoms with Gasteiger partial charge in [-0.05, 0) is 31.4 Å². The molecule has 1 atom stereocenters. The smallest absolute Gasteiger partial charge is 0.272 e. The zero-order valence-corrected chi connectivity index (χ0v) is 15.4. The average Bonchev–Trinajstić information content (AvgIpc) is 2.67. The van der Waals surface area contributed by atoms with Crippen molar-refractivity contribution in [2.45, 2.75) is 44.3 Å². The highest BCUT2D eigenvalue weighted by molar-refractivity contribution is 5.93. The lowest BCUT2D eigenvalue weighted by atomic mass is 9.93. The predicted octanol–water partition coefficient (Wildman–Crippen LogP) is 1.97. The lowest BCUT2D eigenvalue weighted by Gasteiger charge is -2.41. The van der Waals surface area contributed by atoms with Crippen molar-refractivity contribution < 1.29 is 18.7 Å². The molecule has 2 aliphatic heterocycles. The van der Waals surface area contributed by atoms with E-state index in [0.29, 0.717) is 18.8 Å². The van der Waals surface area contributed by atoms with E-state index in [1.165, 1.54) is 0 Å². The Morgan fingerprint density at radius 2 is 2.12 bits per heavy atom. The second-order valence-corrected chi connectivity index (χ2v) is 7.21. The zero-order valence-electron chi connectivity index (χ0n) is 15.4. The van der Waals surface area contributed by atoms with Gasteiger partial charge >= 0.3 is 0 Å². The number of likely N-dealkylation sites (tertiary alicyclic amines) is 1. The van der Waals surface area contributed by atoms with Gasteiger partial charge in [0.05, 0.1) is 13.2 Å². The van der Waals surface area contributed by atoms with Crippen LogP contribution in [0, 0.1) is 6.92 Å². The van der Waals surface area contributed by atoms with Crippen LogP contribution in [0.15, 0.2) is 18.3 Å². The largest absolute Gasteiger partial charge is 0.381 e. The van der Waals surface area contributed by atoms with E-state index in [2.05, 4.69) is 4.98 Å². The number of nitrogens with zero attached hydrogens (tertiary/aromatic N) is 3. The van der Waals surface area contributed by atoms with E-state index in [-0.39, 0.29) is 38.0 Å². The molecule has 6 nitrogen and oxygen atoms in total. The van der Waals surface area contributed by atoms with Crippen molar-refractivity contribution >= 4 is 11.8 Å². The molecule has 7 heteroatoms. The highest BCUT2D eigenvalue weighted by Gasteiger charge is 2.44. The van der Waals surface area contributed by atoms with E-state index in [1.807, 2.05) is 13.0 Å². The number of halogens is 1. The fourth-order valence-electron chi connectivity index (χ4n) is 3.69. The van der Waals surface area contributed by atoms with Gasteiger partial charge in [0.2, 0.25) is 0 Å². The summed E-state index contributed by atoms with van der Waals surface area (Å²) in [6, 6.07) is 3.51. The Balaban J connectivity index is 1.69. The topological polar surface area (TPSA) is 62.7 Å². The normalized spacial score (nSPS) is 22.7. The lowest BCUT2D eigenvalue weighted by molar-refractivity contribution is -0.152. The maximum absolute atomic E-state index is 15.0. The van der Waals surface area contributed by atoms with Crippen molar-refractivity contribution in [1.29, 1.82) is 0 Å². The number of carbonyl (C=O) groups is 2. The molecular formula is C19H26FN3O3. The molecule has 0 radical (unpaired) electrons. The first kappa shape index (κ1) is 18.8. The fourth-order valence-corrected chi connectivity index (χ4v) is 3.69. The maximum atomic E-state index is 15.0. The van der Waals surface area contributed by atoms with Crippen LogP contribution in [-0.2, 0) is 9.53 Å². The van der Waals surface area contributed by atoms with Gasteiger partial charge in [0.25, 0.3) is 11.8 Å². The Hall–Kier alpha value is -2.02. The summed E-state index contributed by atoms with van der Waals surface area (Å²) in [6.07, 6.45) is 3.36. The van der Waals surface area contributed by atoms with Gasteiger partial charge in [0.15, 0.2) is 5.67 Å². The van der Waals surface area contributed by atoms with Crippen molar-refractivity contribution in [3.63, 3.8) is 0 Å². The number of rotatable bonds is 3. The summed E-state index contributed by atoms with van der Waals surface area (Å²) in [7, 11) is 1.73. The summed E-state index contributed by atoms with van der Waals surface area (Å²) in [4.78, 5) is 32.9. The Bertz CT molecular complexity index is 676. The van der Waals surface area contributed by atoms with Crippen LogP contribution >= 0.6 is 0 Å². The lowest BCUT2D eigenvalue weighted by Crippen LogP contribution is -2.56. The maximum Gasteiger partial charge on any atom is 0.272 e. The number of ether oxygens (including phenoxy) is 1. The average molecular weight is 363 g/mol. The van der Waals surface area contributed by atoms with E-state index in [1.54, 1.807) is 29.1 Å². The molecular weight excluding hydrogens is 337 g/mol. The molecule has 2 saturated heterocycles. The molecule has 26 heavy (non-hydrogen) atoms. The molecule has 0 aliphatic carbocycles. The summed E-state index contributed by atoms with van der Waals surface area (Å²) >= 11 is 0. The van der Waals surface area contributed by atoms with Gasteiger partial charge in [-0.3, -0.25) is 14.6 Å². The zero-order chi connectivity index (χ0) is 18.7. The van der Waals surface area contributed by atoms with Gasteiger partial charge in [0, 0.05) is 45.2 Å². The van der Waals surface area contributed by atoms with Crippen LogP contribution in [0.4, 0.5) is 4.39 Å². The Kier molecular flexibility index (Phi) is 5.55. The monoisotopic (exact) mass is 363 g/mol. The van der Waals surface area contributed by atoms with Crippen LogP contribution in [0.1, 0.15) is 41.7 Å². The minimum Gasteiger partial charge on any atom is -0.381 e. The van der Waals surface area contributed by atoms with Gasteiger partial charge in [-0.25, -0.2) is 4.39 Å². The minimum absolute atomic E-state index is 0.106. The van der Waals surface area contributed by atoms with Crippen molar-refractivity contribution in [2.75, 3.05) is 33.4 Å². The molecule has 0 saturated carbocycles. The first-order valence-corrected chi connectivity index (χ1v) is 9.17. The summed E-state index contributed by atoms with van der Waals surface area (Å²) in [5.74, 6) is -0.621. The van der Waals surface area contributed by atoms with Crippen molar-refractivity contribution in [3.8, 4) is 0 Å². The van der Waals surface area contributed by atoms with Crippen LogP contribution in [0.3, 0.4) is 0 Å². The number of pyridine rings is 1. The molecule has 2 aliphatic rings. The molecule has 0 bridgehead atoms. The van der Waals surface area contributed by atoms with Crippen LogP contribution < -0.4 is 0 Å². The first-order chi connectivity index (χ1) is 12.4. The van der Waals surface area contributed by atoms with E-state index < -0.39 is 11.6 Å². The number of amides is 2. The molecule has 1 aromatic heterocycles. The van der Waals surface area contributed by atoms with Crippen LogP contribution in [0.5, 0.6) is 0 Å². The van der Waals surface area contributed by atoms with Crippen LogP contribution in [0.25, 0.3) is 0 Å². The van der Waals surface area contributed by atoms with E-state index in [4.69, 9.17) is 4.74 Å². The second-order valence-electron chi connectivity index (χ2n) is 7.21. The predicted molar refractivity (Wildman–Crippen MR) is 94.6 cm³/mol. The molecule has 2 fully saturated rings. The number of hydrogen-bond donors (Lipinski definition) is 0. The molecule has 2 amide bonds. The summed E-state index contributed by atoms with van der Waals surface area (Å²) in [5.41, 5.74) is -0.594. The third-order valence-corrected chi connectivity index (χ3v) is 5.43. The molecule has 3 rings (SSSR count). The summed E-state index contributed by atoms with van der Waals surface area (Å²) < 4.78 is 20.2. The number of hydrogen-bond acceptors (Lipinski definition) is 4. The van der Waals surface area contributed by atoms with Gasteiger partial charge in [0.1, 0.15) is 5.69 Å². The molecule has 0 spiro atoms. The summed E-state index contributed by atoms with van der Waals surface area (Å²) in [6.45, 7) is 3.29. The molecule has 0 aromatic carbocycles. The number of aromatic nitrogens is 1. The number of alkyl halides is 1. The Morgan fingerprint density at radius 1 is 1.38 bits per heavy atom. The number of aryl methyl sites for hydroxylation is 1. The van der Waals surface area contributed by atoms with Crippen molar-refractivity contribution in [3.05, 3.63) is 29.6 Å². The van der Waals surface area contributed by atoms with Gasteiger partial charge in [-0.1, -0.05) is 6.07 Å². The third kappa shape index (κ3) is 3.72. The molecule has 1 aromatic rings. The molecule has 142 valence electrons. The van der Waals surface area contributed by atoms with Crippen molar-refractivity contribution in [2.24, 2.45) is 0 Å². The van der Waals surface area contributed by atoms with Crippen LogP contribution in [0.2, 0.25) is 0 Å². The Morgan fingerprint density at radius 3 is 2.81 bits per heavy atom. The van der Waals surface area contributed by atoms with E-state index in [9.17, 15) is 14.0 Å². The fraction of sp³-hybridized carbons (Fsp3) is 0.632. The highest BCUT2D eigenvalue weighted by atomic mass is 19.1. The third-order valence-electron chi connectivity index (χ3n) is 5.43. The van der Waals surface area contributed by atoms with E-state index >= 15 is 0 Å². The highest BCUT2D eigenvalue weighted by Crippen LogP contribution is 2.29. The quantitative estimate of drug-likeness (QED) is 0.824. The number of piperidine rings is 1. The van der Waals surface area contributed by atoms with E-state index in [0.717, 1.165) is 18.4 Å². The first-order valence-electron chi connectivity index (χ1n) is 9.17. The molecule has 1 unspecified atom stereocenters. The second kappa shape index (κ2) is 7.70.